The fraction of sp³-hybridized carbons (Fsp3) is 0.0270. The quantitative estimate of drug-likeness (QED) is 0.163. The van der Waals surface area contributed by atoms with Gasteiger partial charge in [0, 0.05) is 5.56 Å². The van der Waals surface area contributed by atoms with Crippen molar-refractivity contribution in [2.45, 2.75) is 6.18 Å². The summed E-state index contributed by atoms with van der Waals surface area (Å²) in [6, 6.07) is 41.0. The number of fused-ring (bicyclic) bond motifs is 1. The summed E-state index contributed by atoms with van der Waals surface area (Å²) in [5.74, 6) is 1.09. The van der Waals surface area contributed by atoms with Crippen molar-refractivity contribution in [2.75, 3.05) is 5.73 Å². The SMILES string of the molecule is C=C(Oc1ccccc1N)c1ccc(-c2ccc(-c3ccc(-c4ccc(C(F)(F)F)cc4)cc3)cc2)c2ccccc12. The Morgan fingerprint density at radius 1 is 0.548 bits per heavy atom. The molecule has 206 valence electrons. The van der Waals surface area contributed by atoms with Gasteiger partial charge in [-0.25, -0.2) is 0 Å². The number of ether oxygens (including phenoxy) is 1. The van der Waals surface area contributed by atoms with E-state index in [1.165, 1.54) is 12.1 Å². The minimum absolute atomic E-state index is 0.519. The third-order valence-electron chi connectivity index (χ3n) is 7.34. The Balaban J connectivity index is 1.25. The molecule has 5 heteroatoms. The first-order valence-electron chi connectivity index (χ1n) is 13.4. The molecule has 6 aromatic rings. The van der Waals surface area contributed by atoms with E-state index in [1.54, 1.807) is 6.07 Å². The van der Waals surface area contributed by atoms with Gasteiger partial charge in [-0.3, -0.25) is 0 Å². The molecule has 0 radical (unpaired) electrons. The van der Waals surface area contributed by atoms with Gasteiger partial charge in [0.05, 0.1) is 11.3 Å². The molecule has 2 nitrogen and oxygen atoms in total. The van der Waals surface area contributed by atoms with Gasteiger partial charge in [0.1, 0.15) is 11.5 Å². The Labute approximate surface area is 242 Å². The van der Waals surface area contributed by atoms with E-state index in [-0.39, 0.29) is 0 Å². The molecular formula is C37H26F3NO. The fourth-order valence-corrected chi connectivity index (χ4v) is 5.10. The van der Waals surface area contributed by atoms with E-state index in [0.717, 1.165) is 61.8 Å². The van der Waals surface area contributed by atoms with Crippen LogP contribution < -0.4 is 10.5 Å². The molecule has 6 rings (SSSR count). The molecule has 0 spiro atoms. The first-order valence-corrected chi connectivity index (χ1v) is 13.4. The van der Waals surface area contributed by atoms with Crippen LogP contribution in [0.25, 0.3) is 49.9 Å². The number of halogens is 3. The van der Waals surface area contributed by atoms with Gasteiger partial charge in [-0.1, -0.05) is 110 Å². The lowest BCUT2D eigenvalue weighted by Crippen LogP contribution is -2.03. The first-order chi connectivity index (χ1) is 20.3. The lowest BCUT2D eigenvalue weighted by molar-refractivity contribution is -0.137. The smallest absolute Gasteiger partial charge is 0.416 e. The van der Waals surface area contributed by atoms with Crippen LogP contribution in [0.5, 0.6) is 5.75 Å². The molecule has 0 aliphatic heterocycles. The van der Waals surface area contributed by atoms with Crippen LogP contribution in [-0.4, -0.2) is 0 Å². The van der Waals surface area contributed by atoms with Crippen molar-refractivity contribution in [3.8, 4) is 39.1 Å². The topological polar surface area (TPSA) is 35.2 Å². The molecule has 42 heavy (non-hydrogen) atoms. The van der Waals surface area contributed by atoms with Gasteiger partial charge in [0.2, 0.25) is 0 Å². The number of nitrogens with two attached hydrogens (primary N) is 1. The normalized spacial score (nSPS) is 11.4. The second-order valence-electron chi connectivity index (χ2n) is 10.00. The number of para-hydroxylation sites is 2. The van der Waals surface area contributed by atoms with Gasteiger partial charge >= 0.3 is 6.18 Å². The van der Waals surface area contributed by atoms with Crippen molar-refractivity contribution in [3.05, 3.63) is 151 Å². The second kappa shape index (κ2) is 10.9. The summed E-state index contributed by atoms with van der Waals surface area (Å²) in [5.41, 5.74) is 12.7. The van der Waals surface area contributed by atoms with E-state index in [2.05, 4.69) is 49.0 Å². The summed E-state index contributed by atoms with van der Waals surface area (Å²) < 4.78 is 44.7. The number of anilines is 1. The summed E-state index contributed by atoms with van der Waals surface area (Å²) >= 11 is 0. The van der Waals surface area contributed by atoms with E-state index in [4.69, 9.17) is 10.5 Å². The summed E-state index contributed by atoms with van der Waals surface area (Å²) in [6.07, 6.45) is -4.34. The van der Waals surface area contributed by atoms with Crippen molar-refractivity contribution in [1.82, 2.24) is 0 Å². The minimum Gasteiger partial charge on any atom is -0.455 e. The lowest BCUT2D eigenvalue weighted by Gasteiger charge is -2.15. The van der Waals surface area contributed by atoms with Crippen LogP contribution in [0.2, 0.25) is 0 Å². The Morgan fingerprint density at radius 3 is 1.57 bits per heavy atom. The van der Waals surface area contributed by atoms with E-state index in [1.807, 2.05) is 60.7 Å². The third kappa shape index (κ3) is 5.37. The zero-order valence-corrected chi connectivity index (χ0v) is 22.5. The highest BCUT2D eigenvalue weighted by molar-refractivity contribution is 6.02. The number of nitrogen functional groups attached to an aromatic ring is 1. The Bertz CT molecular complexity index is 1890. The predicted octanol–water partition coefficient (Wildman–Crippen LogP) is 10.5. The molecule has 0 saturated heterocycles. The molecule has 2 N–H and O–H groups in total. The van der Waals surface area contributed by atoms with Crippen molar-refractivity contribution >= 4 is 22.2 Å². The monoisotopic (exact) mass is 557 g/mol. The first kappa shape index (κ1) is 26.9. The minimum atomic E-state index is -4.34. The number of alkyl halides is 3. The van der Waals surface area contributed by atoms with E-state index < -0.39 is 11.7 Å². The fourth-order valence-electron chi connectivity index (χ4n) is 5.10. The molecule has 0 heterocycles. The van der Waals surface area contributed by atoms with E-state index in [0.29, 0.717) is 17.2 Å². The van der Waals surface area contributed by atoms with Crippen LogP contribution in [0.3, 0.4) is 0 Å². The zero-order chi connectivity index (χ0) is 29.3. The molecule has 0 aliphatic rings. The number of hydrogen-bond donors (Lipinski definition) is 1. The molecule has 0 fully saturated rings. The maximum absolute atomic E-state index is 12.9. The standard InChI is InChI=1S/C37H26F3NO/c1-24(42-36-9-5-4-8-35(36)41)31-22-23-32(34-7-3-2-6-33(31)34)29-16-14-27(15-17-29)25-10-12-26(13-11-25)28-18-20-30(21-19-28)37(38,39)40/h2-23H,1,41H2. The average molecular weight is 558 g/mol. The second-order valence-corrected chi connectivity index (χ2v) is 10.00. The van der Waals surface area contributed by atoms with E-state index in [9.17, 15) is 13.2 Å². The Hall–Kier alpha value is -5.29. The highest BCUT2D eigenvalue weighted by Gasteiger charge is 2.30. The molecule has 0 atom stereocenters. The summed E-state index contributed by atoms with van der Waals surface area (Å²) in [5, 5.41) is 2.10. The van der Waals surface area contributed by atoms with Gasteiger partial charge in [-0.15, -0.1) is 0 Å². The number of hydrogen-bond acceptors (Lipinski definition) is 2. The van der Waals surface area contributed by atoms with Crippen molar-refractivity contribution in [1.29, 1.82) is 0 Å². The molecular weight excluding hydrogens is 531 g/mol. The third-order valence-corrected chi connectivity index (χ3v) is 7.34. The summed E-state index contributed by atoms with van der Waals surface area (Å²) in [6.45, 7) is 4.18. The maximum atomic E-state index is 12.9. The van der Waals surface area contributed by atoms with Crippen molar-refractivity contribution in [3.63, 3.8) is 0 Å². The largest absolute Gasteiger partial charge is 0.455 e. The van der Waals surface area contributed by atoms with Gasteiger partial charge in [-0.05, 0) is 74.5 Å². The van der Waals surface area contributed by atoms with Crippen LogP contribution in [0, 0.1) is 0 Å². The van der Waals surface area contributed by atoms with Gasteiger partial charge in [-0.2, -0.15) is 13.2 Å². The van der Waals surface area contributed by atoms with Gasteiger partial charge in [0.25, 0.3) is 0 Å². The van der Waals surface area contributed by atoms with E-state index >= 15 is 0 Å². The molecule has 0 amide bonds. The zero-order valence-electron chi connectivity index (χ0n) is 22.5. The lowest BCUT2D eigenvalue weighted by atomic mass is 9.93. The highest BCUT2D eigenvalue weighted by atomic mass is 19.4. The molecule has 0 aromatic heterocycles. The van der Waals surface area contributed by atoms with Crippen LogP contribution in [0.15, 0.2) is 140 Å². The Kier molecular flexibility index (Phi) is 7.01. The highest BCUT2D eigenvalue weighted by Crippen LogP contribution is 2.36. The molecule has 0 bridgehead atoms. The molecule has 0 aliphatic carbocycles. The number of benzene rings is 6. The van der Waals surface area contributed by atoms with Crippen LogP contribution in [0.4, 0.5) is 18.9 Å². The number of rotatable bonds is 6. The predicted molar refractivity (Wildman–Crippen MR) is 166 cm³/mol. The van der Waals surface area contributed by atoms with Gasteiger partial charge in [0.15, 0.2) is 0 Å². The average Bonchev–Trinajstić information content (AvgIpc) is 3.01. The Morgan fingerprint density at radius 2 is 1.02 bits per heavy atom. The maximum Gasteiger partial charge on any atom is 0.416 e. The van der Waals surface area contributed by atoms with Crippen LogP contribution in [-0.2, 0) is 6.18 Å². The molecule has 6 aromatic carbocycles. The van der Waals surface area contributed by atoms with Crippen molar-refractivity contribution in [2.24, 2.45) is 0 Å². The van der Waals surface area contributed by atoms with Gasteiger partial charge < -0.3 is 10.5 Å². The summed E-state index contributed by atoms with van der Waals surface area (Å²) in [7, 11) is 0. The summed E-state index contributed by atoms with van der Waals surface area (Å²) in [4.78, 5) is 0. The molecule has 0 unspecified atom stereocenters. The van der Waals surface area contributed by atoms with Crippen LogP contribution >= 0.6 is 0 Å². The van der Waals surface area contributed by atoms with Crippen molar-refractivity contribution < 1.29 is 17.9 Å². The van der Waals surface area contributed by atoms with Crippen LogP contribution in [0.1, 0.15) is 11.1 Å². The molecule has 0 saturated carbocycles.